The van der Waals surface area contributed by atoms with E-state index in [1.165, 1.54) is 0 Å². The first-order valence-electron chi connectivity index (χ1n) is 7.30. The fourth-order valence-electron chi connectivity index (χ4n) is 2.30. The van der Waals surface area contributed by atoms with E-state index in [-0.39, 0.29) is 0 Å². The van der Waals surface area contributed by atoms with Crippen molar-refractivity contribution >= 4 is 10.5 Å². The summed E-state index contributed by atoms with van der Waals surface area (Å²) in [5.41, 5.74) is 1.43. The van der Waals surface area contributed by atoms with Crippen LogP contribution < -0.4 is 0 Å². The van der Waals surface area contributed by atoms with Gasteiger partial charge in [0.1, 0.15) is 28.8 Å². The minimum atomic E-state index is -0.912. The SMILES string of the molecule is OC(c1ccccc1)C(OCCO[SiH3])C(O)c1ccccc1. The summed E-state index contributed by atoms with van der Waals surface area (Å²) in [6, 6.07) is 18.5. The molecule has 0 spiro atoms. The summed E-state index contributed by atoms with van der Waals surface area (Å²) in [5.74, 6) is 0. The average molecular weight is 318 g/mol. The van der Waals surface area contributed by atoms with Crippen LogP contribution in [0, 0.1) is 0 Å². The molecule has 0 saturated heterocycles. The first kappa shape index (κ1) is 16.9. The Morgan fingerprint density at radius 2 is 1.23 bits per heavy atom. The Labute approximate surface area is 133 Å². The summed E-state index contributed by atoms with van der Waals surface area (Å²) in [4.78, 5) is 0. The number of hydrogen-bond donors (Lipinski definition) is 2. The molecule has 118 valence electrons. The van der Waals surface area contributed by atoms with Gasteiger partial charge in [0.05, 0.1) is 13.2 Å². The van der Waals surface area contributed by atoms with Gasteiger partial charge in [-0.2, -0.15) is 0 Å². The lowest BCUT2D eigenvalue weighted by Gasteiger charge is -2.28. The molecule has 0 heterocycles. The molecule has 2 N–H and O–H groups in total. The Morgan fingerprint density at radius 3 is 1.64 bits per heavy atom. The third-order valence-corrected chi connectivity index (χ3v) is 3.91. The van der Waals surface area contributed by atoms with Crippen LogP contribution in [0.1, 0.15) is 23.3 Å². The minimum Gasteiger partial charge on any atom is -0.426 e. The van der Waals surface area contributed by atoms with E-state index in [4.69, 9.17) is 9.16 Å². The summed E-state index contributed by atoms with van der Waals surface area (Å²) in [6.07, 6.45) is -2.57. The van der Waals surface area contributed by atoms with E-state index in [1.807, 2.05) is 60.7 Å². The van der Waals surface area contributed by atoms with Gasteiger partial charge >= 0.3 is 0 Å². The van der Waals surface area contributed by atoms with Gasteiger partial charge in [0.15, 0.2) is 0 Å². The second-order valence-corrected chi connectivity index (χ2v) is 5.62. The molecular formula is C17H22O4Si. The van der Waals surface area contributed by atoms with Crippen LogP contribution in [0.15, 0.2) is 60.7 Å². The molecule has 22 heavy (non-hydrogen) atoms. The van der Waals surface area contributed by atoms with Crippen LogP contribution in [0.25, 0.3) is 0 Å². The average Bonchev–Trinajstić information content (AvgIpc) is 2.59. The molecule has 2 unspecified atom stereocenters. The largest absolute Gasteiger partial charge is 0.426 e. The molecule has 0 aromatic heterocycles. The van der Waals surface area contributed by atoms with Gasteiger partial charge < -0.3 is 19.4 Å². The van der Waals surface area contributed by atoms with Crippen LogP contribution in [0.5, 0.6) is 0 Å². The van der Waals surface area contributed by atoms with E-state index in [0.717, 1.165) is 0 Å². The zero-order valence-corrected chi connectivity index (χ0v) is 14.6. The lowest BCUT2D eigenvalue weighted by Crippen LogP contribution is -2.30. The monoisotopic (exact) mass is 318 g/mol. The molecule has 2 rings (SSSR count). The topological polar surface area (TPSA) is 58.9 Å². The Balaban J connectivity index is 2.18. The molecule has 4 nitrogen and oxygen atoms in total. The predicted octanol–water partition coefficient (Wildman–Crippen LogP) is 1.14. The van der Waals surface area contributed by atoms with E-state index >= 15 is 0 Å². The summed E-state index contributed by atoms with van der Waals surface area (Å²) < 4.78 is 10.8. The predicted molar refractivity (Wildman–Crippen MR) is 88.4 cm³/mol. The molecule has 0 aliphatic carbocycles. The molecule has 2 aromatic carbocycles. The van der Waals surface area contributed by atoms with E-state index in [1.54, 1.807) is 0 Å². The first-order chi connectivity index (χ1) is 10.7. The summed E-state index contributed by atoms with van der Waals surface area (Å²) in [6.45, 7) is 0.799. The molecule has 0 radical (unpaired) electrons. The van der Waals surface area contributed by atoms with Gasteiger partial charge in [0.25, 0.3) is 0 Å². The van der Waals surface area contributed by atoms with Crippen LogP contribution in [0.2, 0.25) is 0 Å². The smallest absolute Gasteiger partial charge is 0.146 e. The van der Waals surface area contributed by atoms with Crippen LogP contribution >= 0.6 is 0 Å². The van der Waals surface area contributed by atoms with Crippen LogP contribution in [0.3, 0.4) is 0 Å². The van der Waals surface area contributed by atoms with Crippen molar-refractivity contribution in [2.45, 2.75) is 18.3 Å². The van der Waals surface area contributed by atoms with Crippen molar-refractivity contribution in [1.29, 1.82) is 0 Å². The lowest BCUT2D eigenvalue weighted by atomic mass is 9.96. The number of hydrogen-bond acceptors (Lipinski definition) is 4. The second-order valence-electron chi connectivity index (χ2n) is 5.04. The van der Waals surface area contributed by atoms with E-state index in [0.29, 0.717) is 34.8 Å². The summed E-state index contributed by atoms with van der Waals surface area (Å²) in [5, 5.41) is 21.2. The Hall–Kier alpha value is -1.50. The quantitative estimate of drug-likeness (QED) is 0.566. The van der Waals surface area contributed by atoms with Gasteiger partial charge in [0.2, 0.25) is 0 Å². The standard InChI is InChI=1S/C17H22O4Si/c18-15(13-7-3-1-4-8-13)17(20-11-12-21-22)16(19)14-9-5-2-6-10-14/h1-10,15-19H,11-12H2,22H3. The Bertz CT molecular complexity index is 489. The summed E-state index contributed by atoms with van der Waals surface area (Å²) in [7, 11) is 0.638. The molecule has 0 fully saturated rings. The van der Waals surface area contributed by atoms with E-state index in [9.17, 15) is 10.2 Å². The summed E-state index contributed by atoms with van der Waals surface area (Å²) >= 11 is 0. The number of ether oxygens (including phenoxy) is 1. The van der Waals surface area contributed by atoms with E-state index < -0.39 is 18.3 Å². The molecule has 0 aliphatic heterocycles. The van der Waals surface area contributed by atoms with Crippen molar-refractivity contribution in [3.05, 3.63) is 71.8 Å². The fourth-order valence-corrected chi connectivity index (χ4v) is 2.47. The van der Waals surface area contributed by atoms with Crippen molar-refractivity contribution < 1.29 is 19.4 Å². The normalized spacial score (nSPS) is 15.4. The third kappa shape index (κ3) is 4.49. The van der Waals surface area contributed by atoms with E-state index in [2.05, 4.69) is 0 Å². The molecule has 5 heteroatoms. The molecular weight excluding hydrogens is 296 g/mol. The number of aliphatic hydroxyl groups excluding tert-OH is 2. The van der Waals surface area contributed by atoms with Gasteiger partial charge in [0, 0.05) is 0 Å². The zero-order valence-electron chi connectivity index (χ0n) is 12.6. The first-order valence-corrected chi connectivity index (χ1v) is 8.12. The molecule has 0 aliphatic rings. The van der Waals surface area contributed by atoms with Crippen molar-refractivity contribution in [2.24, 2.45) is 0 Å². The zero-order chi connectivity index (χ0) is 15.8. The fraction of sp³-hybridized carbons (Fsp3) is 0.294. The van der Waals surface area contributed by atoms with Crippen LogP contribution in [-0.4, -0.2) is 40.0 Å². The maximum absolute atomic E-state index is 10.6. The molecule has 2 aromatic rings. The Morgan fingerprint density at radius 1 is 0.773 bits per heavy atom. The highest BCUT2D eigenvalue weighted by molar-refractivity contribution is 5.97. The highest BCUT2D eigenvalue weighted by Gasteiger charge is 2.30. The third-order valence-electron chi connectivity index (χ3n) is 3.50. The number of benzene rings is 2. The second kappa shape index (κ2) is 8.82. The Kier molecular flexibility index (Phi) is 6.76. The molecule has 0 amide bonds. The minimum absolute atomic E-state index is 0.335. The maximum Gasteiger partial charge on any atom is 0.146 e. The molecule has 0 bridgehead atoms. The van der Waals surface area contributed by atoms with Crippen LogP contribution in [0.4, 0.5) is 0 Å². The number of rotatable bonds is 8. The van der Waals surface area contributed by atoms with Crippen molar-refractivity contribution in [2.75, 3.05) is 13.2 Å². The number of aliphatic hydroxyl groups is 2. The van der Waals surface area contributed by atoms with Gasteiger partial charge in [-0.25, -0.2) is 0 Å². The van der Waals surface area contributed by atoms with Crippen molar-refractivity contribution in [3.8, 4) is 0 Å². The lowest BCUT2D eigenvalue weighted by molar-refractivity contribution is -0.108. The van der Waals surface area contributed by atoms with Crippen LogP contribution in [-0.2, 0) is 9.16 Å². The highest BCUT2D eigenvalue weighted by Crippen LogP contribution is 2.29. The maximum atomic E-state index is 10.6. The van der Waals surface area contributed by atoms with Crippen molar-refractivity contribution in [1.82, 2.24) is 0 Å². The van der Waals surface area contributed by atoms with Gasteiger partial charge in [-0.05, 0) is 11.1 Å². The molecule has 0 saturated carbocycles. The van der Waals surface area contributed by atoms with Gasteiger partial charge in [-0.3, -0.25) is 0 Å². The highest BCUT2D eigenvalue weighted by atomic mass is 28.2. The van der Waals surface area contributed by atoms with Crippen molar-refractivity contribution in [3.63, 3.8) is 0 Å². The van der Waals surface area contributed by atoms with Gasteiger partial charge in [-0.15, -0.1) is 0 Å². The van der Waals surface area contributed by atoms with Gasteiger partial charge in [-0.1, -0.05) is 60.7 Å². The molecule has 2 atom stereocenters.